The second kappa shape index (κ2) is 7.99. The quantitative estimate of drug-likeness (QED) is 0.630. The van der Waals surface area contributed by atoms with Crippen molar-refractivity contribution in [3.8, 4) is 0 Å². The van der Waals surface area contributed by atoms with Gasteiger partial charge in [-0.1, -0.05) is 29.8 Å². The summed E-state index contributed by atoms with van der Waals surface area (Å²) in [6.45, 7) is 10.5. The average molecular weight is 336 g/mol. The zero-order valence-corrected chi connectivity index (χ0v) is 14.5. The van der Waals surface area contributed by atoms with Gasteiger partial charge >= 0.3 is 0 Å². The molecule has 0 spiro atoms. The van der Waals surface area contributed by atoms with Crippen molar-refractivity contribution in [3.05, 3.63) is 34.9 Å². The van der Waals surface area contributed by atoms with Crippen LogP contribution in [0.1, 0.15) is 12.5 Å². The first-order chi connectivity index (χ1) is 11.3. The maximum Gasteiger partial charge on any atom is 0.191 e. The van der Waals surface area contributed by atoms with Crippen molar-refractivity contribution >= 4 is 17.6 Å². The number of benzene rings is 1. The number of aliphatic imine (C=N–C) groups is 1. The molecule has 0 radical (unpaired) electrons. The van der Waals surface area contributed by atoms with Gasteiger partial charge in [0.05, 0.1) is 6.54 Å². The van der Waals surface area contributed by atoms with E-state index in [0.29, 0.717) is 12.6 Å². The summed E-state index contributed by atoms with van der Waals surface area (Å²) in [5.74, 6) is 0.866. The lowest BCUT2D eigenvalue weighted by atomic mass is 10.1. The van der Waals surface area contributed by atoms with Crippen LogP contribution in [0.5, 0.6) is 0 Å². The summed E-state index contributed by atoms with van der Waals surface area (Å²) in [6, 6.07) is 8.46. The lowest BCUT2D eigenvalue weighted by molar-refractivity contribution is 0.0154. The fraction of sp³-hybridized carbons (Fsp3) is 0.588. The van der Waals surface area contributed by atoms with Crippen LogP contribution in [0.15, 0.2) is 29.3 Å². The molecule has 1 aromatic carbocycles. The Bertz CT molecular complexity index is 540. The van der Waals surface area contributed by atoms with E-state index in [2.05, 4.69) is 32.3 Å². The molecule has 1 aromatic rings. The maximum absolute atomic E-state index is 6.20. The molecule has 0 saturated carbocycles. The van der Waals surface area contributed by atoms with E-state index in [1.165, 1.54) is 26.2 Å². The lowest BCUT2D eigenvalue weighted by Gasteiger charge is -2.47. The van der Waals surface area contributed by atoms with Gasteiger partial charge in [-0.3, -0.25) is 9.80 Å². The van der Waals surface area contributed by atoms with Gasteiger partial charge in [0.2, 0.25) is 0 Å². The second-order valence-electron chi connectivity index (χ2n) is 6.16. The maximum atomic E-state index is 6.20. The van der Waals surface area contributed by atoms with Crippen LogP contribution in [0.3, 0.4) is 0 Å². The molecular formula is C17H26ClN5. The molecule has 5 nitrogen and oxygen atoms in total. The molecule has 3 aliphatic heterocycles. The summed E-state index contributed by atoms with van der Waals surface area (Å²) in [6.07, 6.45) is 0. The van der Waals surface area contributed by atoms with Crippen LogP contribution in [0, 0.1) is 0 Å². The van der Waals surface area contributed by atoms with Crippen molar-refractivity contribution in [2.24, 2.45) is 4.99 Å². The molecule has 1 unspecified atom stereocenters. The molecule has 2 bridgehead atoms. The number of nitrogens with one attached hydrogen (secondary N) is 2. The van der Waals surface area contributed by atoms with Crippen LogP contribution < -0.4 is 10.6 Å². The highest BCUT2D eigenvalue weighted by atomic mass is 35.5. The smallest absolute Gasteiger partial charge is 0.191 e. The zero-order chi connectivity index (χ0) is 16.1. The minimum absolute atomic E-state index is 0.585. The fourth-order valence-electron chi connectivity index (χ4n) is 3.27. The fourth-order valence-corrected chi connectivity index (χ4v) is 3.46. The lowest BCUT2D eigenvalue weighted by Crippen LogP contribution is -2.63. The molecule has 0 aliphatic carbocycles. The van der Waals surface area contributed by atoms with E-state index in [0.717, 1.165) is 36.2 Å². The number of hydrogen-bond donors (Lipinski definition) is 2. The molecule has 0 amide bonds. The molecule has 3 aliphatic rings. The normalized spacial score (nSPS) is 27.0. The Labute approximate surface area is 143 Å². The van der Waals surface area contributed by atoms with Crippen LogP contribution >= 0.6 is 11.6 Å². The standard InChI is InChI=1S/C17H26ClN5/c1-2-19-17(20-11-14-5-3-4-6-16(14)18)21-12-15-13-22-7-9-23(15)10-8-22/h3-6,15H,2,7-13H2,1H3,(H2,19,20,21). The molecule has 126 valence electrons. The van der Waals surface area contributed by atoms with Crippen molar-refractivity contribution in [1.82, 2.24) is 20.4 Å². The first-order valence-corrected chi connectivity index (χ1v) is 8.86. The third kappa shape index (κ3) is 4.37. The van der Waals surface area contributed by atoms with Gasteiger partial charge < -0.3 is 10.6 Å². The average Bonchev–Trinajstić information content (AvgIpc) is 2.60. The van der Waals surface area contributed by atoms with Gasteiger partial charge in [-0.2, -0.15) is 0 Å². The Morgan fingerprint density at radius 1 is 1.22 bits per heavy atom. The van der Waals surface area contributed by atoms with Gasteiger partial charge in [0.1, 0.15) is 0 Å². The molecule has 3 fully saturated rings. The van der Waals surface area contributed by atoms with Crippen molar-refractivity contribution in [2.75, 3.05) is 45.8 Å². The summed E-state index contributed by atoms with van der Waals surface area (Å²) < 4.78 is 0. The Morgan fingerprint density at radius 2 is 2.00 bits per heavy atom. The Balaban J connectivity index is 1.56. The summed E-state index contributed by atoms with van der Waals surface area (Å²) in [4.78, 5) is 9.81. The van der Waals surface area contributed by atoms with Gasteiger partial charge in [0, 0.05) is 56.9 Å². The van der Waals surface area contributed by atoms with E-state index >= 15 is 0 Å². The minimum atomic E-state index is 0.585. The summed E-state index contributed by atoms with van der Waals surface area (Å²) in [5.41, 5.74) is 1.05. The highest BCUT2D eigenvalue weighted by Gasteiger charge is 2.31. The van der Waals surface area contributed by atoms with Crippen molar-refractivity contribution < 1.29 is 0 Å². The number of fused-ring (bicyclic) bond motifs is 3. The van der Waals surface area contributed by atoms with Gasteiger partial charge in [-0.05, 0) is 18.6 Å². The first kappa shape index (κ1) is 16.6. The van der Waals surface area contributed by atoms with Gasteiger partial charge in [-0.15, -0.1) is 0 Å². The van der Waals surface area contributed by atoms with Gasteiger partial charge in [0.15, 0.2) is 5.96 Å². The molecule has 3 heterocycles. The number of hydrogen-bond acceptors (Lipinski definition) is 3. The summed E-state index contributed by atoms with van der Waals surface area (Å²) >= 11 is 6.20. The number of nitrogens with zero attached hydrogens (tertiary/aromatic N) is 3. The van der Waals surface area contributed by atoms with Gasteiger partial charge in [-0.25, -0.2) is 4.99 Å². The van der Waals surface area contributed by atoms with Crippen molar-refractivity contribution in [2.45, 2.75) is 19.5 Å². The van der Waals surface area contributed by atoms with Crippen molar-refractivity contribution in [3.63, 3.8) is 0 Å². The number of guanidine groups is 1. The highest BCUT2D eigenvalue weighted by molar-refractivity contribution is 6.31. The number of piperazine rings is 3. The van der Waals surface area contributed by atoms with E-state index in [1.807, 2.05) is 24.3 Å². The molecule has 2 N–H and O–H groups in total. The molecule has 3 saturated heterocycles. The van der Waals surface area contributed by atoms with E-state index < -0.39 is 0 Å². The van der Waals surface area contributed by atoms with Crippen LogP contribution in [-0.2, 0) is 6.54 Å². The monoisotopic (exact) mass is 335 g/mol. The minimum Gasteiger partial charge on any atom is -0.357 e. The van der Waals surface area contributed by atoms with Crippen LogP contribution in [-0.4, -0.2) is 67.6 Å². The molecule has 23 heavy (non-hydrogen) atoms. The highest BCUT2D eigenvalue weighted by Crippen LogP contribution is 2.16. The Morgan fingerprint density at radius 3 is 2.65 bits per heavy atom. The third-order valence-electron chi connectivity index (χ3n) is 4.61. The largest absolute Gasteiger partial charge is 0.357 e. The van der Waals surface area contributed by atoms with E-state index in [9.17, 15) is 0 Å². The summed E-state index contributed by atoms with van der Waals surface area (Å²) in [5, 5.41) is 7.59. The van der Waals surface area contributed by atoms with E-state index in [-0.39, 0.29) is 0 Å². The molecule has 4 rings (SSSR count). The summed E-state index contributed by atoms with van der Waals surface area (Å²) in [7, 11) is 0. The van der Waals surface area contributed by atoms with Crippen molar-refractivity contribution in [1.29, 1.82) is 0 Å². The molecule has 6 heteroatoms. The third-order valence-corrected chi connectivity index (χ3v) is 4.98. The van der Waals surface area contributed by atoms with Crippen LogP contribution in [0.2, 0.25) is 5.02 Å². The predicted molar refractivity (Wildman–Crippen MR) is 96.1 cm³/mol. The van der Waals surface area contributed by atoms with E-state index in [1.54, 1.807) is 0 Å². The Kier molecular flexibility index (Phi) is 5.75. The number of rotatable bonds is 5. The first-order valence-electron chi connectivity index (χ1n) is 8.48. The second-order valence-corrected chi connectivity index (χ2v) is 6.57. The Hall–Kier alpha value is -1.30. The molecule has 0 aromatic heterocycles. The SMILES string of the molecule is CCNC(=NCc1ccccc1Cl)NCC1CN2CCN1CC2. The predicted octanol–water partition coefficient (Wildman–Crippen LogP) is 1.39. The zero-order valence-electron chi connectivity index (χ0n) is 13.8. The van der Waals surface area contributed by atoms with Crippen LogP contribution in [0.4, 0.5) is 0 Å². The topological polar surface area (TPSA) is 42.9 Å². The van der Waals surface area contributed by atoms with Crippen LogP contribution in [0.25, 0.3) is 0 Å². The van der Waals surface area contributed by atoms with E-state index in [4.69, 9.17) is 11.6 Å². The molecule has 1 atom stereocenters. The number of halogens is 1. The van der Waals surface area contributed by atoms with Gasteiger partial charge in [0.25, 0.3) is 0 Å². The molecular weight excluding hydrogens is 310 g/mol.